The highest BCUT2D eigenvalue weighted by molar-refractivity contribution is 7.92. The van der Waals surface area contributed by atoms with Crippen LogP contribution in [-0.2, 0) is 14.8 Å². The van der Waals surface area contributed by atoms with Crippen LogP contribution >= 0.6 is 0 Å². The highest BCUT2D eigenvalue weighted by Gasteiger charge is 2.39. The second-order valence-corrected chi connectivity index (χ2v) is 10.3. The predicted molar refractivity (Wildman–Crippen MR) is 116 cm³/mol. The molecule has 1 amide bonds. The number of sulfonamides is 1. The molecule has 2 aromatic rings. The van der Waals surface area contributed by atoms with Crippen molar-refractivity contribution in [2.75, 3.05) is 24.2 Å². The summed E-state index contributed by atoms with van der Waals surface area (Å²) in [5.74, 6) is 1.29. The minimum atomic E-state index is -3.57. The molecule has 31 heavy (non-hydrogen) atoms. The molecule has 0 fully saturated rings. The third kappa shape index (κ3) is 4.27. The van der Waals surface area contributed by atoms with Crippen LogP contribution in [0, 0.1) is 0 Å². The minimum absolute atomic E-state index is 0.0935. The summed E-state index contributed by atoms with van der Waals surface area (Å²) in [5, 5.41) is 3.03. The van der Waals surface area contributed by atoms with E-state index in [9.17, 15) is 13.2 Å². The van der Waals surface area contributed by atoms with Gasteiger partial charge in [0.25, 0.3) is 5.91 Å². The number of carbonyl (C=O) groups is 1. The van der Waals surface area contributed by atoms with E-state index < -0.39 is 21.7 Å². The van der Waals surface area contributed by atoms with E-state index in [0.717, 1.165) is 11.8 Å². The molecule has 2 heterocycles. The first kappa shape index (κ1) is 21.3. The Bertz CT molecular complexity index is 1110. The van der Waals surface area contributed by atoms with Crippen LogP contribution in [-0.4, -0.2) is 45.9 Å². The Labute approximate surface area is 182 Å². The molecule has 166 valence electrons. The van der Waals surface area contributed by atoms with Crippen LogP contribution in [0.15, 0.2) is 42.5 Å². The monoisotopic (exact) mass is 446 g/mol. The number of para-hydroxylation sites is 2. The third-order valence-electron chi connectivity index (χ3n) is 5.42. The number of amides is 1. The number of hydrogen-bond acceptors (Lipinski definition) is 6. The fourth-order valence-electron chi connectivity index (χ4n) is 4.01. The van der Waals surface area contributed by atoms with Gasteiger partial charge < -0.3 is 19.5 Å². The molecule has 2 unspecified atom stereocenters. The number of fused-ring (bicyclic) bond motifs is 2. The van der Waals surface area contributed by atoms with Crippen molar-refractivity contribution in [3.63, 3.8) is 0 Å². The third-order valence-corrected chi connectivity index (χ3v) is 6.57. The maximum absolute atomic E-state index is 13.2. The zero-order chi connectivity index (χ0) is 22.4. The van der Waals surface area contributed by atoms with Crippen molar-refractivity contribution in [2.45, 2.75) is 38.0 Å². The number of anilines is 1. The molecule has 9 heteroatoms. The lowest BCUT2D eigenvalue weighted by Gasteiger charge is -2.39. The highest BCUT2D eigenvalue weighted by atomic mass is 32.2. The Morgan fingerprint density at radius 2 is 1.94 bits per heavy atom. The molecule has 8 nitrogen and oxygen atoms in total. The molecule has 2 aromatic carbocycles. The van der Waals surface area contributed by atoms with Crippen LogP contribution in [0.4, 0.5) is 5.69 Å². The van der Waals surface area contributed by atoms with Gasteiger partial charge in [0.1, 0.15) is 22.8 Å². The van der Waals surface area contributed by atoms with Crippen molar-refractivity contribution in [1.29, 1.82) is 0 Å². The first-order valence-electron chi connectivity index (χ1n) is 9.98. The molecule has 0 saturated heterocycles. The molecule has 2 aliphatic heterocycles. The number of benzene rings is 2. The van der Waals surface area contributed by atoms with Crippen molar-refractivity contribution < 1.29 is 27.4 Å². The fraction of sp³-hybridized carbons (Fsp3) is 0.409. The lowest BCUT2D eigenvalue weighted by Crippen LogP contribution is -2.52. The number of carbonyl (C=O) groups excluding carboxylic acids is 1. The van der Waals surface area contributed by atoms with E-state index in [0.29, 0.717) is 29.4 Å². The maximum Gasteiger partial charge on any atom is 0.263 e. The number of nitrogens with zero attached hydrogens (tertiary/aromatic N) is 1. The number of methoxy groups -OCH3 is 1. The summed E-state index contributed by atoms with van der Waals surface area (Å²) in [7, 11) is -1.99. The Hall–Kier alpha value is -2.94. The van der Waals surface area contributed by atoms with E-state index in [4.69, 9.17) is 14.2 Å². The molecule has 0 spiro atoms. The quantitative estimate of drug-likeness (QED) is 0.776. The van der Waals surface area contributed by atoms with Gasteiger partial charge in [0.2, 0.25) is 10.0 Å². The van der Waals surface area contributed by atoms with Gasteiger partial charge in [-0.1, -0.05) is 12.1 Å². The van der Waals surface area contributed by atoms with Crippen molar-refractivity contribution >= 4 is 21.6 Å². The van der Waals surface area contributed by atoms with Gasteiger partial charge in [0.05, 0.1) is 31.6 Å². The molecular weight excluding hydrogens is 420 g/mol. The van der Waals surface area contributed by atoms with Crippen molar-refractivity contribution in [3.05, 3.63) is 48.0 Å². The zero-order valence-electron chi connectivity index (χ0n) is 17.9. The van der Waals surface area contributed by atoms with Gasteiger partial charge in [-0.25, -0.2) is 8.42 Å². The van der Waals surface area contributed by atoms with E-state index in [-0.39, 0.29) is 18.5 Å². The van der Waals surface area contributed by atoms with Gasteiger partial charge in [0.15, 0.2) is 6.10 Å². The Kier molecular flexibility index (Phi) is 5.25. The molecule has 0 aromatic heterocycles. The average Bonchev–Trinajstić information content (AvgIpc) is 2.70. The predicted octanol–water partition coefficient (Wildman–Crippen LogP) is 2.64. The largest absolute Gasteiger partial charge is 0.497 e. The first-order chi connectivity index (χ1) is 14.6. The smallest absolute Gasteiger partial charge is 0.263 e. The Morgan fingerprint density at radius 3 is 2.65 bits per heavy atom. The Morgan fingerprint density at radius 1 is 1.19 bits per heavy atom. The van der Waals surface area contributed by atoms with Crippen LogP contribution in [0.3, 0.4) is 0 Å². The lowest BCUT2D eigenvalue weighted by molar-refractivity contribution is -0.129. The molecule has 0 aliphatic carbocycles. The molecular formula is C22H26N2O6S. The second kappa shape index (κ2) is 7.64. The molecule has 0 saturated carbocycles. The number of rotatable bonds is 4. The summed E-state index contributed by atoms with van der Waals surface area (Å²) in [6.07, 6.45) is 0.698. The molecule has 2 atom stereocenters. The second-order valence-electron chi connectivity index (χ2n) is 8.40. The number of nitrogens with one attached hydrogen (secondary N) is 1. The van der Waals surface area contributed by atoms with Gasteiger partial charge in [-0.05, 0) is 38.1 Å². The standard InChI is InChI=1S/C22H26N2O6S/c1-22(2)12-16(15-10-9-14(28-3)11-19(15)30-22)23-21(25)20-13-24(31(4,26)27)17-7-5-6-8-18(17)29-20/h5-11,16,20H,12-13H2,1-4H3,(H,23,25). The summed E-state index contributed by atoms with van der Waals surface area (Å²) in [6, 6.07) is 12.0. The van der Waals surface area contributed by atoms with Crippen LogP contribution < -0.4 is 23.8 Å². The molecule has 4 rings (SSSR count). The van der Waals surface area contributed by atoms with Gasteiger partial charge in [-0.2, -0.15) is 0 Å². The van der Waals surface area contributed by atoms with E-state index >= 15 is 0 Å². The van der Waals surface area contributed by atoms with Crippen molar-refractivity contribution in [2.24, 2.45) is 0 Å². The zero-order valence-corrected chi connectivity index (χ0v) is 18.7. The van der Waals surface area contributed by atoms with Crippen molar-refractivity contribution in [1.82, 2.24) is 5.32 Å². The topological polar surface area (TPSA) is 94.2 Å². The maximum atomic E-state index is 13.2. The Balaban J connectivity index is 1.60. The van der Waals surface area contributed by atoms with Crippen LogP contribution in [0.2, 0.25) is 0 Å². The lowest BCUT2D eigenvalue weighted by atomic mass is 9.89. The summed E-state index contributed by atoms with van der Waals surface area (Å²) in [6.45, 7) is 3.81. The van der Waals surface area contributed by atoms with Gasteiger partial charge in [0, 0.05) is 18.1 Å². The van der Waals surface area contributed by atoms with E-state index in [2.05, 4.69) is 5.32 Å². The van der Waals surface area contributed by atoms with Crippen molar-refractivity contribution in [3.8, 4) is 17.2 Å². The van der Waals surface area contributed by atoms with E-state index in [1.807, 2.05) is 26.0 Å². The number of ether oxygens (including phenoxy) is 3. The normalized spacial score (nSPS) is 21.7. The summed E-state index contributed by atoms with van der Waals surface area (Å²) < 4.78 is 43.1. The summed E-state index contributed by atoms with van der Waals surface area (Å²) >= 11 is 0. The van der Waals surface area contributed by atoms with Crippen LogP contribution in [0.25, 0.3) is 0 Å². The highest BCUT2D eigenvalue weighted by Crippen LogP contribution is 2.41. The van der Waals surface area contributed by atoms with E-state index in [1.54, 1.807) is 37.4 Å². The van der Waals surface area contributed by atoms with Gasteiger partial charge >= 0.3 is 0 Å². The van der Waals surface area contributed by atoms with Gasteiger partial charge in [-0.3, -0.25) is 9.10 Å². The van der Waals surface area contributed by atoms with Crippen LogP contribution in [0.5, 0.6) is 17.2 Å². The molecule has 0 bridgehead atoms. The summed E-state index contributed by atoms with van der Waals surface area (Å²) in [5.41, 5.74) is 0.763. The first-order valence-corrected chi connectivity index (χ1v) is 11.8. The fourth-order valence-corrected chi connectivity index (χ4v) is 4.92. The van der Waals surface area contributed by atoms with E-state index in [1.165, 1.54) is 4.31 Å². The minimum Gasteiger partial charge on any atom is -0.497 e. The SMILES string of the molecule is COc1ccc2c(c1)OC(C)(C)CC2NC(=O)C1CN(S(C)(=O)=O)c2ccccc2O1. The van der Waals surface area contributed by atoms with Crippen LogP contribution in [0.1, 0.15) is 31.9 Å². The average molecular weight is 447 g/mol. The molecule has 0 radical (unpaired) electrons. The number of hydrogen-bond donors (Lipinski definition) is 1. The van der Waals surface area contributed by atoms with Gasteiger partial charge in [-0.15, -0.1) is 0 Å². The molecule has 2 aliphatic rings. The molecule has 1 N–H and O–H groups in total. The summed E-state index contributed by atoms with van der Waals surface area (Å²) in [4.78, 5) is 13.2.